The second kappa shape index (κ2) is 5.18. The third-order valence-corrected chi connectivity index (χ3v) is 3.17. The van der Waals surface area contributed by atoms with E-state index in [1.807, 2.05) is 25.1 Å². The Morgan fingerprint density at radius 1 is 1.44 bits per heavy atom. The van der Waals surface area contributed by atoms with Crippen molar-refractivity contribution >= 4 is 17.7 Å². The molecule has 6 nitrogen and oxygen atoms in total. The first kappa shape index (κ1) is 12.6. The molecule has 2 rings (SSSR count). The lowest BCUT2D eigenvalue weighted by Gasteiger charge is -1.95. The van der Waals surface area contributed by atoms with Crippen LogP contribution in [-0.2, 0) is 11.8 Å². The van der Waals surface area contributed by atoms with E-state index < -0.39 is 5.97 Å². The molecule has 2 aromatic heterocycles. The standard InChI is InChI=1S/C11H12N4O2S/c1-7-4-3-5-8(12-7)10-13-11(15(2)14-10)18-6-9(16)17/h3-5H,6H2,1-2H3,(H,16,17). The summed E-state index contributed by atoms with van der Waals surface area (Å²) in [4.78, 5) is 19.1. The van der Waals surface area contributed by atoms with E-state index in [2.05, 4.69) is 15.1 Å². The van der Waals surface area contributed by atoms with Gasteiger partial charge in [0, 0.05) is 12.7 Å². The minimum Gasteiger partial charge on any atom is -0.481 e. The molecule has 18 heavy (non-hydrogen) atoms. The number of carboxylic acid groups (broad SMARTS) is 1. The number of aromatic nitrogens is 4. The molecule has 0 saturated heterocycles. The number of hydrogen-bond donors (Lipinski definition) is 1. The predicted molar refractivity (Wildman–Crippen MR) is 67.3 cm³/mol. The Morgan fingerprint density at radius 3 is 2.89 bits per heavy atom. The van der Waals surface area contributed by atoms with Crippen molar-refractivity contribution in [3.8, 4) is 11.5 Å². The molecule has 0 amide bonds. The molecule has 0 atom stereocenters. The molecule has 0 aliphatic carbocycles. The second-order valence-corrected chi connectivity index (χ2v) is 4.63. The zero-order valence-corrected chi connectivity index (χ0v) is 10.8. The number of pyridine rings is 1. The zero-order chi connectivity index (χ0) is 13.1. The minimum absolute atomic E-state index is 0.0345. The van der Waals surface area contributed by atoms with E-state index in [1.54, 1.807) is 11.7 Å². The van der Waals surface area contributed by atoms with E-state index in [0.29, 0.717) is 16.7 Å². The predicted octanol–water partition coefficient (Wildman–Crippen LogP) is 1.36. The Labute approximate surface area is 108 Å². The Balaban J connectivity index is 2.25. The average Bonchev–Trinajstić information content (AvgIpc) is 2.68. The maximum absolute atomic E-state index is 10.5. The molecule has 0 unspecified atom stereocenters. The molecule has 0 aliphatic heterocycles. The smallest absolute Gasteiger partial charge is 0.313 e. The van der Waals surface area contributed by atoms with Gasteiger partial charge in [-0.1, -0.05) is 17.8 Å². The first-order chi connectivity index (χ1) is 8.56. The Kier molecular flexibility index (Phi) is 3.61. The summed E-state index contributed by atoms with van der Waals surface area (Å²) in [6.07, 6.45) is 0. The molecule has 2 heterocycles. The van der Waals surface area contributed by atoms with E-state index in [9.17, 15) is 4.79 Å². The van der Waals surface area contributed by atoms with Crippen molar-refractivity contribution in [3.05, 3.63) is 23.9 Å². The first-order valence-electron chi connectivity index (χ1n) is 5.26. The molecule has 0 saturated carbocycles. The monoisotopic (exact) mass is 264 g/mol. The molecule has 1 N–H and O–H groups in total. The van der Waals surface area contributed by atoms with Crippen molar-refractivity contribution < 1.29 is 9.90 Å². The number of carbonyl (C=O) groups is 1. The van der Waals surface area contributed by atoms with Gasteiger partial charge >= 0.3 is 5.97 Å². The molecular weight excluding hydrogens is 252 g/mol. The Hall–Kier alpha value is -1.89. The highest BCUT2D eigenvalue weighted by atomic mass is 32.2. The molecule has 0 aliphatic rings. The van der Waals surface area contributed by atoms with Crippen LogP contribution >= 0.6 is 11.8 Å². The highest BCUT2D eigenvalue weighted by Gasteiger charge is 2.12. The molecule has 0 radical (unpaired) electrons. The molecule has 0 bridgehead atoms. The van der Waals surface area contributed by atoms with Crippen LogP contribution in [0.25, 0.3) is 11.5 Å². The van der Waals surface area contributed by atoms with E-state index in [4.69, 9.17) is 5.11 Å². The van der Waals surface area contributed by atoms with Gasteiger partial charge in [-0.2, -0.15) is 4.98 Å². The van der Waals surface area contributed by atoms with Crippen molar-refractivity contribution in [3.63, 3.8) is 0 Å². The second-order valence-electron chi connectivity index (χ2n) is 3.69. The van der Waals surface area contributed by atoms with Gasteiger partial charge in [0.2, 0.25) is 5.82 Å². The lowest BCUT2D eigenvalue weighted by atomic mass is 10.3. The third kappa shape index (κ3) is 2.86. The van der Waals surface area contributed by atoms with E-state index in [-0.39, 0.29) is 5.75 Å². The molecule has 7 heteroatoms. The Bertz CT molecular complexity index is 582. The average molecular weight is 264 g/mol. The van der Waals surface area contributed by atoms with Gasteiger partial charge < -0.3 is 5.11 Å². The molecule has 0 spiro atoms. The number of thioether (sulfide) groups is 1. The van der Waals surface area contributed by atoms with Crippen LogP contribution in [-0.4, -0.2) is 36.6 Å². The largest absolute Gasteiger partial charge is 0.481 e. The molecule has 2 aromatic rings. The maximum Gasteiger partial charge on any atom is 0.313 e. The van der Waals surface area contributed by atoms with Crippen LogP contribution in [0.15, 0.2) is 23.4 Å². The number of rotatable bonds is 4. The number of hydrogen-bond acceptors (Lipinski definition) is 5. The molecule has 0 aromatic carbocycles. The van der Waals surface area contributed by atoms with Crippen molar-refractivity contribution in [1.29, 1.82) is 0 Å². The lowest BCUT2D eigenvalue weighted by Crippen LogP contribution is -2.00. The van der Waals surface area contributed by atoms with Gasteiger partial charge in [0.25, 0.3) is 0 Å². The van der Waals surface area contributed by atoms with Gasteiger partial charge in [0.15, 0.2) is 5.16 Å². The van der Waals surface area contributed by atoms with E-state index in [1.165, 1.54) is 0 Å². The highest BCUT2D eigenvalue weighted by molar-refractivity contribution is 7.99. The fourth-order valence-electron chi connectivity index (χ4n) is 1.40. The third-order valence-electron chi connectivity index (χ3n) is 2.17. The fourth-order valence-corrected chi connectivity index (χ4v) is 2.03. The maximum atomic E-state index is 10.5. The van der Waals surface area contributed by atoms with Crippen molar-refractivity contribution in [2.45, 2.75) is 12.1 Å². The zero-order valence-electron chi connectivity index (χ0n) is 9.99. The summed E-state index contributed by atoms with van der Waals surface area (Å²) in [7, 11) is 1.73. The molecular formula is C11H12N4O2S. The van der Waals surface area contributed by atoms with Crippen LogP contribution in [0.4, 0.5) is 0 Å². The SMILES string of the molecule is Cc1cccc(-c2nc(SCC(=O)O)n(C)n2)n1. The van der Waals surface area contributed by atoms with Crippen LogP contribution in [0.3, 0.4) is 0 Å². The van der Waals surface area contributed by atoms with E-state index >= 15 is 0 Å². The van der Waals surface area contributed by atoms with Gasteiger partial charge in [-0.25, -0.2) is 9.67 Å². The van der Waals surface area contributed by atoms with Gasteiger partial charge in [-0.3, -0.25) is 4.79 Å². The lowest BCUT2D eigenvalue weighted by molar-refractivity contribution is -0.133. The van der Waals surface area contributed by atoms with Crippen LogP contribution in [0.2, 0.25) is 0 Å². The first-order valence-corrected chi connectivity index (χ1v) is 6.24. The summed E-state index contributed by atoms with van der Waals surface area (Å²) < 4.78 is 1.56. The molecule has 0 fully saturated rings. The minimum atomic E-state index is -0.877. The fraction of sp³-hybridized carbons (Fsp3) is 0.273. The van der Waals surface area contributed by atoms with E-state index in [0.717, 1.165) is 17.5 Å². The number of aryl methyl sites for hydroxylation is 2. The van der Waals surface area contributed by atoms with Crippen LogP contribution in [0, 0.1) is 6.92 Å². The normalized spacial score (nSPS) is 10.6. The summed E-state index contributed by atoms with van der Waals surface area (Å²) in [6, 6.07) is 5.61. The van der Waals surface area contributed by atoms with Gasteiger partial charge in [-0.05, 0) is 19.1 Å². The summed E-state index contributed by atoms with van der Waals surface area (Å²) >= 11 is 1.14. The Morgan fingerprint density at radius 2 is 2.22 bits per heavy atom. The topological polar surface area (TPSA) is 80.9 Å². The summed E-state index contributed by atoms with van der Waals surface area (Å²) in [5, 5.41) is 13.4. The number of carboxylic acids is 1. The summed E-state index contributed by atoms with van der Waals surface area (Å²) in [6.45, 7) is 1.90. The number of nitrogens with zero attached hydrogens (tertiary/aromatic N) is 4. The quantitative estimate of drug-likeness (QED) is 0.840. The number of aliphatic carboxylic acids is 1. The van der Waals surface area contributed by atoms with Gasteiger partial charge in [-0.15, -0.1) is 5.10 Å². The van der Waals surface area contributed by atoms with Crippen LogP contribution in [0.1, 0.15) is 5.69 Å². The van der Waals surface area contributed by atoms with Crippen LogP contribution < -0.4 is 0 Å². The van der Waals surface area contributed by atoms with Crippen LogP contribution in [0.5, 0.6) is 0 Å². The van der Waals surface area contributed by atoms with Crippen molar-refractivity contribution in [1.82, 2.24) is 19.7 Å². The highest BCUT2D eigenvalue weighted by Crippen LogP contribution is 2.19. The van der Waals surface area contributed by atoms with Crippen molar-refractivity contribution in [2.75, 3.05) is 5.75 Å². The molecule has 94 valence electrons. The van der Waals surface area contributed by atoms with Crippen molar-refractivity contribution in [2.24, 2.45) is 7.05 Å². The summed E-state index contributed by atoms with van der Waals surface area (Å²) in [5.41, 5.74) is 1.58. The van der Waals surface area contributed by atoms with Gasteiger partial charge in [0.05, 0.1) is 5.75 Å². The summed E-state index contributed by atoms with van der Waals surface area (Å²) in [5.74, 6) is -0.403. The van der Waals surface area contributed by atoms with Gasteiger partial charge in [0.1, 0.15) is 5.69 Å².